The van der Waals surface area contributed by atoms with Crippen LogP contribution in [0.1, 0.15) is 24.4 Å². The van der Waals surface area contributed by atoms with Crippen molar-refractivity contribution in [2.45, 2.75) is 32.1 Å². The molecule has 112 valence electrons. The zero-order valence-corrected chi connectivity index (χ0v) is 12.6. The van der Waals surface area contributed by atoms with Crippen molar-refractivity contribution in [2.75, 3.05) is 13.7 Å². The van der Waals surface area contributed by atoms with Gasteiger partial charge in [0, 0.05) is 37.6 Å². The number of nitrogens with zero attached hydrogens (tertiary/aromatic N) is 3. The van der Waals surface area contributed by atoms with E-state index in [1.807, 2.05) is 36.7 Å². The molecule has 0 radical (unpaired) electrons. The summed E-state index contributed by atoms with van der Waals surface area (Å²) in [4.78, 5) is 6.81. The van der Waals surface area contributed by atoms with Crippen molar-refractivity contribution < 1.29 is 4.74 Å². The van der Waals surface area contributed by atoms with Crippen LogP contribution in [0.25, 0.3) is 0 Å². The van der Waals surface area contributed by atoms with Crippen molar-refractivity contribution in [1.82, 2.24) is 14.5 Å². The van der Waals surface area contributed by atoms with Gasteiger partial charge >= 0.3 is 0 Å². The number of ether oxygens (including phenoxy) is 1. The molecule has 2 unspecified atom stereocenters. The largest absolute Gasteiger partial charge is 0.497 e. The van der Waals surface area contributed by atoms with E-state index in [1.165, 1.54) is 0 Å². The summed E-state index contributed by atoms with van der Waals surface area (Å²) in [5.41, 5.74) is 7.58. The Bertz CT molecular complexity index is 593. The highest BCUT2D eigenvalue weighted by atomic mass is 16.5. The number of hydrogen-bond donors (Lipinski definition) is 1. The molecular formula is C16H22N4O. The molecule has 0 fully saturated rings. The Balaban J connectivity index is 1.71. The van der Waals surface area contributed by atoms with E-state index in [1.54, 1.807) is 7.11 Å². The summed E-state index contributed by atoms with van der Waals surface area (Å²) >= 11 is 0. The third-order valence-corrected chi connectivity index (χ3v) is 4.37. The fourth-order valence-corrected chi connectivity index (χ4v) is 2.87. The predicted molar refractivity (Wildman–Crippen MR) is 82.0 cm³/mol. The first-order valence-electron chi connectivity index (χ1n) is 7.32. The lowest BCUT2D eigenvalue weighted by Crippen LogP contribution is -2.44. The standard InChI is InChI=1S/C16H22N4O/c1-12(16(17)13-3-5-14(21-2)6-4-13)20-10-9-19-8-7-18-15(19)11-20/h3-8,12,16H,9-11,17H2,1-2H3. The summed E-state index contributed by atoms with van der Waals surface area (Å²) in [6, 6.07) is 8.27. The Morgan fingerprint density at radius 1 is 1.24 bits per heavy atom. The predicted octanol–water partition coefficient (Wildman–Crippen LogP) is 1.80. The normalized spacial score (nSPS) is 18.0. The van der Waals surface area contributed by atoms with Gasteiger partial charge in [-0.1, -0.05) is 12.1 Å². The lowest BCUT2D eigenvalue weighted by molar-refractivity contribution is 0.143. The lowest BCUT2D eigenvalue weighted by Gasteiger charge is -2.36. The van der Waals surface area contributed by atoms with Crippen LogP contribution >= 0.6 is 0 Å². The second-order valence-electron chi connectivity index (χ2n) is 5.55. The first kappa shape index (κ1) is 14.1. The Kier molecular flexibility index (Phi) is 3.94. The number of benzene rings is 1. The minimum atomic E-state index is -0.0163. The number of imidazole rings is 1. The first-order chi connectivity index (χ1) is 10.2. The van der Waals surface area contributed by atoms with Crippen molar-refractivity contribution in [2.24, 2.45) is 5.73 Å². The van der Waals surface area contributed by atoms with Crippen molar-refractivity contribution in [3.05, 3.63) is 48.0 Å². The molecule has 0 bridgehead atoms. The second-order valence-corrected chi connectivity index (χ2v) is 5.55. The van der Waals surface area contributed by atoms with E-state index >= 15 is 0 Å². The van der Waals surface area contributed by atoms with Gasteiger partial charge in [0.1, 0.15) is 11.6 Å². The van der Waals surface area contributed by atoms with E-state index in [0.29, 0.717) is 0 Å². The van der Waals surface area contributed by atoms with Crippen LogP contribution in [0.15, 0.2) is 36.7 Å². The Morgan fingerprint density at radius 2 is 2.00 bits per heavy atom. The number of fused-ring (bicyclic) bond motifs is 1. The van der Waals surface area contributed by atoms with Gasteiger partial charge in [0.25, 0.3) is 0 Å². The maximum atomic E-state index is 6.45. The fourth-order valence-electron chi connectivity index (χ4n) is 2.87. The molecule has 1 aliphatic rings. The minimum absolute atomic E-state index is 0.0163. The molecule has 0 spiro atoms. The molecule has 21 heavy (non-hydrogen) atoms. The molecule has 2 heterocycles. The van der Waals surface area contributed by atoms with E-state index < -0.39 is 0 Å². The van der Waals surface area contributed by atoms with Gasteiger partial charge in [-0.25, -0.2) is 4.98 Å². The maximum absolute atomic E-state index is 6.45. The maximum Gasteiger partial charge on any atom is 0.122 e. The van der Waals surface area contributed by atoms with Crippen LogP contribution in [0.2, 0.25) is 0 Å². The van der Waals surface area contributed by atoms with Gasteiger partial charge in [0.2, 0.25) is 0 Å². The summed E-state index contributed by atoms with van der Waals surface area (Å²) in [5, 5.41) is 0. The number of nitrogens with two attached hydrogens (primary N) is 1. The van der Waals surface area contributed by atoms with Gasteiger partial charge in [-0.15, -0.1) is 0 Å². The van der Waals surface area contributed by atoms with Crippen LogP contribution in [-0.2, 0) is 13.1 Å². The number of hydrogen-bond acceptors (Lipinski definition) is 4. The van der Waals surface area contributed by atoms with Crippen LogP contribution in [0.3, 0.4) is 0 Å². The summed E-state index contributed by atoms with van der Waals surface area (Å²) in [6.45, 7) is 5.04. The van der Waals surface area contributed by atoms with Crippen LogP contribution in [0.5, 0.6) is 5.75 Å². The van der Waals surface area contributed by atoms with Crippen molar-refractivity contribution in [1.29, 1.82) is 0 Å². The molecule has 0 saturated carbocycles. The van der Waals surface area contributed by atoms with Crippen LogP contribution in [0, 0.1) is 0 Å². The molecule has 1 aromatic carbocycles. The van der Waals surface area contributed by atoms with E-state index in [4.69, 9.17) is 10.5 Å². The Morgan fingerprint density at radius 3 is 2.71 bits per heavy atom. The molecule has 0 amide bonds. The van der Waals surface area contributed by atoms with E-state index in [9.17, 15) is 0 Å². The van der Waals surface area contributed by atoms with Crippen molar-refractivity contribution >= 4 is 0 Å². The highest BCUT2D eigenvalue weighted by Gasteiger charge is 2.26. The summed E-state index contributed by atoms with van der Waals surface area (Å²) < 4.78 is 7.40. The fraction of sp³-hybridized carbons (Fsp3) is 0.438. The Hall–Kier alpha value is -1.85. The van der Waals surface area contributed by atoms with Gasteiger partial charge in [-0.05, 0) is 24.6 Å². The van der Waals surface area contributed by atoms with E-state index in [0.717, 1.165) is 36.8 Å². The molecular weight excluding hydrogens is 264 g/mol. The molecule has 5 nitrogen and oxygen atoms in total. The summed E-state index contributed by atoms with van der Waals surface area (Å²) in [7, 11) is 1.67. The molecule has 0 saturated heterocycles. The van der Waals surface area contributed by atoms with E-state index in [-0.39, 0.29) is 12.1 Å². The molecule has 1 aliphatic heterocycles. The number of aromatic nitrogens is 2. The van der Waals surface area contributed by atoms with Gasteiger partial charge < -0.3 is 15.0 Å². The molecule has 3 rings (SSSR count). The van der Waals surface area contributed by atoms with Crippen LogP contribution in [0.4, 0.5) is 0 Å². The smallest absolute Gasteiger partial charge is 0.122 e. The Labute approximate surface area is 125 Å². The number of rotatable bonds is 4. The highest BCUT2D eigenvalue weighted by Crippen LogP contribution is 2.23. The minimum Gasteiger partial charge on any atom is -0.497 e. The van der Waals surface area contributed by atoms with Crippen LogP contribution < -0.4 is 10.5 Å². The zero-order valence-electron chi connectivity index (χ0n) is 12.6. The average molecular weight is 286 g/mol. The summed E-state index contributed by atoms with van der Waals surface area (Å²) in [6.07, 6.45) is 3.91. The monoisotopic (exact) mass is 286 g/mol. The third-order valence-electron chi connectivity index (χ3n) is 4.37. The molecule has 2 atom stereocenters. The van der Waals surface area contributed by atoms with Gasteiger partial charge in [-0.2, -0.15) is 0 Å². The van der Waals surface area contributed by atoms with Gasteiger partial charge in [0.15, 0.2) is 0 Å². The average Bonchev–Trinajstić information content (AvgIpc) is 3.01. The molecule has 1 aromatic heterocycles. The first-order valence-corrected chi connectivity index (χ1v) is 7.32. The second kappa shape index (κ2) is 5.87. The molecule has 0 aliphatic carbocycles. The van der Waals surface area contributed by atoms with Crippen molar-refractivity contribution in [3.63, 3.8) is 0 Å². The molecule has 2 aromatic rings. The molecule has 2 N–H and O–H groups in total. The summed E-state index contributed by atoms with van der Waals surface area (Å²) in [5.74, 6) is 1.98. The van der Waals surface area contributed by atoms with E-state index in [2.05, 4.69) is 21.4 Å². The lowest BCUT2D eigenvalue weighted by atomic mass is 9.99. The van der Waals surface area contributed by atoms with Gasteiger partial charge in [0.05, 0.1) is 13.7 Å². The SMILES string of the molecule is COc1ccc(C(N)C(C)N2CCn3ccnc3C2)cc1. The van der Waals surface area contributed by atoms with Crippen LogP contribution in [-0.4, -0.2) is 34.1 Å². The molecule has 5 heteroatoms. The van der Waals surface area contributed by atoms with Crippen molar-refractivity contribution in [3.8, 4) is 5.75 Å². The number of methoxy groups -OCH3 is 1. The third kappa shape index (κ3) is 2.80. The zero-order chi connectivity index (χ0) is 14.8. The van der Waals surface area contributed by atoms with Gasteiger partial charge in [-0.3, -0.25) is 4.90 Å². The topological polar surface area (TPSA) is 56.3 Å². The quantitative estimate of drug-likeness (QED) is 0.931. The highest BCUT2D eigenvalue weighted by molar-refractivity contribution is 5.29.